The lowest BCUT2D eigenvalue weighted by molar-refractivity contribution is -0.142. The number of hydrogen-bond donors (Lipinski definition) is 2. The Bertz CT molecular complexity index is 1060. The van der Waals surface area contributed by atoms with Gasteiger partial charge in [-0.15, -0.1) is 0 Å². The van der Waals surface area contributed by atoms with E-state index in [1.54, 1.807) is 18.2 Å². The molecule has 0 saturated carbocycles. The lowest BCUT2D eigenvalue weighted by atomic mass is 10.1. The summed E-state index contributed by atoms with van der Waals surface area (Å²) in [4.78, 5) is 27.9. The van der Waals surface area contributed by atoms with Crippen LogP contribution in [0.5, 0.6) is 11.5 Å². The number of aromatic hydroxyl groups is 1. The number of amides is 1. The number of pyridine rings is 1. The van der Waals surface area contributed by atoms with Crippen LogP contribution < -0.4 is 10.1 Å². The quantitative estimate of drug-likeness (QED) is 0.473. The van der Waals surface area contributed by atoms with Gasteiger partial charge in [0.2, 0.25) is 0 Å². The summed E-state index contributed by atoms with van der Waals surface area (Å²) in [6.07, 6.45) is 0. The van der Waals surface area contributed by atoms with Crippen molar-refractivity contribution in [1.82, 2.24) is 10.3 Å². The number of aromatic nitrogens is 1. The largest absolute Gasteiger partial charge is 0.505 e. The minimum atomic E-state index is -0.913. The molecule has 0 saturated heterocycles. The second-order valence-corrected chi connectivity index (χ2v) is 6.66. The zero-order valence-corrected chi connectivity index (χ0v) is 16.6. The van der Waals surface area contributed by atoms with Crippen molar-refractivity contribution in [3.8, 4) is 11.5 Å². The van der Waals surface area contributed by atoms with Gasteiger partial charge in [-0.25, -0.2) is 9.78 Å². The van der Waals surface area contributed by atoms with Gasteiger partial charge in [0.05, 0.1) is 7.11 Å². The third kappa shape index (κ3) is 4.57. The molecule has 0 aliphatic rings. The molecule has 0 fully saturated rings. The van der Waals surface area contributed by atoms with Gasteiger partial charge >= 0.3 is 5.97 Å². The van der Waals surface area contributed by atoms with E-state index in [-0.39, 0.29) is 16.6 Å². The van der Waals surface area contributed by atoms with Gasteiger partial charge in [-0.2, -0.15) is 0 Å². The molecule has 0 aliphatic carbocycles. The van der Waals surface area contributed by atoms with E-state index < -0.39 is 17.9 Å². The van der Waals surface area contributed by atoms with Crippen molar-refractivity contribution in [2.75, 3.05) is 7.11 Å². The monoisotopic (exact) mass is 414 g/mol. The molecule has 0 aliphatic heterocycles. The van der Waals surface area contributed by atoms with E-state index in [1.807, 2.05) is 30.3 Å². The summed E-state index contributed by atoms with van der Waals surface area (Å²) in [5.41, 5.74) is 0.694. The smallest absolute Gasteiger partial charge is 0.328 e. The fraction of sp³-hybridized carbons (Fsp3) is 0.190. The van der Waals surface area contributed by atoms with Crippen molar-refractivity contribution in [3.63, 3.8) is 0 Å². The lowest BCUT2D eigenvalue weighted by Crippen LogP contribution is -2.39. The van der Waals surface area contributed by atoms with E-state index in [2.05, 4.69) is 15.0 Å². The second-order valence-electron chi connectivity index (χ2n) is 6.30. The van der Waals surface area contributed by atoms with E-state index >= 15 is 0 Å². The number of benzene rings is 2. The molecule has 1 heterocycles. The second kappa shape index (κ2) is 8.79. The number of halogens is 1. The van der Waals surface area contributed by atoms with Gasteiger partial charge < -0.3 is 19.9 Å². The van der Waals surface area contributed by atoms with Crippen LogP contribution in [0.4, 0.5) is 0 Å². The zero-order chi connectivity index (χ0) is 21.0. The standard InChI is InChI=1S/C21H19ClN2O5/c1-12(21(27)28-2)23-20(26)17-18(25)16-10-14(8-9-15(16)19(22)24-17)29-11-13-6-4-3-5-7-13/h3-10,12,25H,11H2,1-2H3,(H,23,26)/t12-/m1/s1. The number of ether oxygens (including phenoxy) is 2. The molecule has 3 rings (SSSR count). The Morgan fingerprint density at radius 3 is 2.59 bits per heavy atom. The number of nitrogens with zero attached hydrogens (tertiary/aromatic N) is 1. The number of methoxy groups -OCH3 is 1. The average Bonchev–Trinajstić information content (AvgIpc) is 2.74. The lowest BCUT2D eigenvalue weighted by Gasteiger charge is -2.14. The molecule has 150 valence electrons. The van der Waals surface area contributed by atoms with Crippen molar-refractivity contribution in [3.05, 3.63) is 64.9 Å². The van der Waals surface area contributed by atoms with Crippen molar-refractivity contribution in [2.24, 2.45) is 0 Å². The van der Waals surface area contributed by atoms with Crippen LogP contribution in [0.2, 0.25) is 5.15 Å². The fourth-order valence-corrected chi connectivity index (χ4v) is 2.98. The predicted octanol–water partition coefficient (Wildman–Crippen LogP) is 3.46. The first-order valence-electron chi connectivity index (χ1n) is 8.78. The van der Waals surface area contributed by atoms with Crippen molar-refractivity contribution < 1.29 is 24.2 Å². The molecular weight excluding hydrogens is 396 g/mol. The maximum absolute atomic E-state index is 12.5. The maximum atomic E-state index is 12.5. The molecule has 2 N–H and O–H groups in total. The zero-order valence-electron chi connectivity index (χ0n) is 15.8. The normalized spacial score (nSPS) is 11.7. The molecule has 1 aromatic heterocycles. The SMILES string of the molecule is COC(=O)[C@@H](C)NC(=O)c1nc(Cl)c2ccc(OCc3ccccc3)cc2c1O. The van der Waals surface area contributed by atoms with Crippen LogP contribution in [0.1, 0.15) is 23.0 Å². The van der Waals surface area contributed by atoms with Gasteiger partial charge in [0.1, 0.15) is 23.6 Å². The Balaban J connectivity index is 1.89. The molecule has 1 atom stereocenters. The molecule has 0 radical (unpaired) electrons. The topological polar surface area (TPSA) is 97.8 Å². The Morgan fingerprint density at radius 2 is 1.90 bits per heavy atom. The van der Waals surface area contributed by atoms with Crippen LogP contribution in [-0.2, 0) is 16.1 Å². The van der Waals surface area contributed by atoms with Crippen LogP contribution in [0, 0.1) is 0 Å². The molecule has 0 spiro atoms. The number of esters is 1. The number of fused-ring (bicyclic) bond motifs is 1. The summed E-state index contributed by atoms with van der Waals surface area (Å²) >= 11 is 6.20. The van der Waals surface area contributed by atoms with Gasteiger partial charge in [0.25, 0.3) is 5.91 Å². The van der Waals surface area contributed by atoms with E-state index in [1.165, 1.54) is 14.0 Å². The summed E-state index contributed by atoms with van der Waals surface area (Å²) in [6.45, 7) is 1.80. The van der Waals surface area contributed by atoms with Crippen molar-refractivity contribution in [1.29, 1.82) is 0 Å². The summed E-state index contributed by atoms with van der Waals surface area (Å²) in [7, 11) is 1.21. The minimum absolute atomic E-state index is 0.0447. The van der Waals surface area contributed by atoms with E-state index in [9.17, 15) is 14.7 Å². The average molecular weight is 415 g/mol. The highest BCUT2D eigenvalue weighted by atomic mass is 35.5. The first kappa shape index (κ1) is 20.4. The van der Waals surface area contributed by atoms with E-state index in [0.717, 1.165) is 5.56 Å². The van der Waals surface area contributed by atoms with Crippen LogP contribution in [0.15, 0.2) is 48.5 Å². The van der Waals surface area contributed by atoms with Gasteiger partial charge in [-0.3, -0.25) is 4.79 Å². The van der Waals surface area contributed by atoms with Crippen molar-refractivity contribution >= 4 is 34.2 Å². The fourth-order valence-electron chi connectivity index (χ4n) is 2.73. The van der Waals surface area contributed by atoms with E-state index in [0.29, 0.717) is 23.1 Å². The molecule has 7 nitrogen and oxygen atoms in total. The van der Waals surface area contributed by atoms with Crippen LogP contribution >= 0.6 is 11.6 Å². The Hall–Kier alpha value is -3.32. The number of hydrogen-bond acceptors (Lipinski definition) is 6. The molecule has 1 amide bonds. The predicted molar refractivity (Wildman–Crippen MR) is 108 cm³/mol. The van der Waals surface area contributed by atoms with Gasteiger partial charge in [0.15, 0.2) is 11.4 Å². The molecule has 2 aromatic carbocycles. The Kier molecular flexibility index (Phi) is 6.19. The summed E-state index contributed by atoms with van der Waals surface area (Å²) in [5, 5.41) is 13.8. The molecule has 29 heavy (non-hydrogen) atoms. The van der Waals surface area contributed by atoms with Gasteiger partial charge in [-0.1, -0.05) is 41.9 Å². The number of nitrogens with one attached hydrogen (secondary N) is 1. The third-order valence-electron chi connectivity index (χ3n) is 4.27. The summed E-state index contributed by atoms with van der Waals surface area (Å²) in [6, 6.07) is 13.6. The molecule has 3 aromatic rings. The minimum Gasteiger partial charge on any atom is -0.505 e. The summed E-state index contributed by atoms with van der Waals surface area (Å²) < 4.78 is 10.3. The number of carbonyl (C=O) groups excluding carboxylic acids is 2. The highest BCUT2D eigenvalue weighted by molar-refractivity contribution is 6.35. The van der Waals surface area contributed by atoms with Crippen LogP contribution in [-0.4, -0.2) is 35.1 Å². The Morgan fingerprint density at radius 1 is 1.17 bits per heavy atom. The van der Waals surface area contributed by atoms with Gasteiger partial charge in [0, 0.05) is 10.8 Å². The number of carbonyl (C=O) groups is 2. The van der Waals surface area contributed by atoms with Crippen molar-refractivity contribution in [2.45, 2.75) is 19.6 Å². The highest BCUT2D eigenvalue weighted by Gasteiger charge is 2.23. The van der Waals surface area contributed by atoms with Crippen LogP contribution in [0.25, 0.3) is 10.8 Å². The molecule has 0 unspecified atom stereocenters. The molecule has 0 bridgehead atoms. The Labute approximate surface area is 172 Å². The maximum Gasteiger partial charge on any atom is 0.328 e. The molecular formula is C21H19ClN2O5. The molecule has 8 heteroatoms. The third-order valence-corrected chi connectivity index (χ3v) is 4.56. The number of rotatable bonds is 6. The first-order chi connectivity index (χ1) is 13.9. The first-order valence-corrected chi connectivity index (χ1v) is 9.16. The highest BCUT2D eigenvalue weighted by Crippen LogP contribution is 2.34. The van der Waals surface area contributed by atoms with Gasteiger partial charge in [-0.05, 0) is 30.7 Å². The summed E-state index contributed by atoms with van der Waals surface area (Å²) in [5.74, 6) is -1.24. The van der Waals surface area contributed by atoms with E-state index in [4.69, 9.17) is 16.3 Å². The van der Waals surface area contributed by atoms with Crippen LogP contribution in [0.3, 0.4) is 0 Å².